The van der Waals surface area contributed by atoms with Crippen LogP contribution in [0.25, 0.3) is 0 Å². The van der Waals surface area contributed by atoms with Crippen LogP contribution in [0.4, 0.5) is 0 Å². The fourth-order valence-electron chi connectivity index (χ4n) is 1.98. The summed E-state index contributed by atoms with van der Waals surface area (Å²) >= 11 is 0. The van der Waals surface area contributed by atoms with Gasteiger partial charge in [0, 0.05) is 6.04 Å². The molecule has 0 saturated heterocycles. The number of ether oxygens (including phenoxy) is 1. The van der Waals surface area contributed by atoms with Crippen LogP contribution in [0.2, 0.25) is 0 Å². The average Bonchev–Trinajstić information content (AvgIpc) is 2.43. The highest BCUT2D eigenvalue weighted by Gasteiger charge is 2.24. The second-order valence-corrected chi connectivity index (χ2v) is 6.71. The van der Waals surface area contributed by atoms with Gasteiger partial charge in [-0.3, -0.25) is 0 Å². The van der Waals surface area contributed by atoms with E-state index in [2.05, 4.69) is 4.72 Å². The maximum Gasteiger partial charge on any atom is 0.244 e. The quantitative estimate of drug-likeness (QED) is 0.806. The molecule has 1 aromatic carbocycles. The first-order valence-corrected chi connectivity index (χ1v) is 8.14. The van der Waals surface area contributed by atoms with Gasteiger partial charge in [0.15, 0.2) is 0 Å². The van der Waals surface area contributed by atoms with Gasteiger partial charge < -0.3 is 9.84 Å². The van der Waals surface area contributed by atoms with Crippen molar-refractivity contribution >= 4 is 10.0 Å². The summed E-state index contributed by atoms with van der Waals surface area (Å²) in [6.07, 6.45) is 0.707. The van der Waals surface area contributed by atoms with Crippen LogP contribution in [0.15, 0.2) is 23.1 Å². The lowest BCUT2D eigenvalue weighted by Crippen LogP contribution is -2.38. The lowest BCUT2D eigenvalue weighted by atomic mass is 10.0. The minimum absolute atomic E-state index is 0.0608. The van der Waals surface area contributed by atoms with Crippen molar-refractivity contribution in [1.29, 1.82) is 0 Å². The van der Waals surface area contributed by atoms with Crippen LogP contribution in [-0.2, 0) is 16.6 Å². The Hall–Kier alpha value is -1.11. The van der Waals surface area contributed by atoms with Crippen LogP contribution in [0, 0.1) is 5.92 Å². The Morgan fingerprint density at radius 1 is 1.35 bits per heavy atom. The molecule has 6 heteroatoms. The number of rotatable bonds is 7. The number of sulfonamides is 1. The van der Waals surface area contributed by atoms with Gasteiger partial charge in [0.1, 0.15) is 10.6 Å². The molecule has 114 valence electrons. The molecule has 0 aromatic heterocycles. The predicted octanol–water partition coefficient (Wildman–Crippen LogP) is 1.90. The van der Waals surface area contributed by atoms with Crippen LogP contribution in [-0.4, -0.2) is 26.7 Å². The van der Waals surface area contributed by atoms with Crippen LogP contribution in [0.1, 0.15) is 32.8 Å². The van der Waals surface area contributed by atoms with Crippen molar-refractivity contribution in [3.8, 4) is 5.75 Å². The van der Waals surface area contributed by atoms with E-state index in [9.17, 15) is 8.42 Å². The second kappa shape index (κ2) is 7.06. The Kier molecular flexibility index (Phi) is 5.98. The van der Waals surface area contributed by atoms with Crippen LogP contribution >= 0.6 is 0 Å². The first kappa shape index (κ1) is 16.9. The van der Waals surface area contributed by atoms with E-state index in [4.69, 9.17) is 9.84 Å². The molecule has 0 aliphatic heterocycles. The second-order valence-electron chi connectivity index (χ2n) is 5.02. The van der Waals surface area contributed by atoms with E-state index in [1.807, 2.05) is 20.8 Å². The molecular weight excluding hydrogens is 278 g/mol. The Labute approximate surface area is 121 Å². The van der Waals surface area contributed by atoms with Crippen molar-refractivity contribution in [3.63, 3.8) is 0 Å². The van der Waals surface area contributed by atoms with Gasteiger partial charge in [0.25, 0.3) is 0 Å². The molecule has 0 aliphatic rings. The molecule has 1 unspecified atom stereocenters. The Balaban J connectivity index is 3.20. The summed E-state index contributed by atoms with van der Waals surface area (Å²) in [5.74, 6) is 0.468. The molecule has 5 nitrogen and oxygen atoms in total. The van der Waals surface area contributed by atoms with E-state index in [1.165, 1.54) is 13.2 Å². The number of hydrogen-bond acceptors (Lipinski definition) is 4. The third kappa shape index (κ3) is 3.94. The van der Waals surface area contributed by atoms with Crippen molar-refractivity contribution in [3.05, 3.63) is 23.8 Å². The molecule has 2 N–H and O–H groups in total. The molecule has 0 spiro atoms. The highest BCUT2D eigenvalue weighted by atomic mass is 32.2. The fourth-order valence-corrected chi connectivity index (χ4v) is 3.67. The molecule has 1 atom stereocenters. The maximum atomic E-state index is 12.5. The molecular formula is C14H23NO4S. The Morgan fingerprint density at radius 2 is 2.00 bits per heavy atom. The number of aliphatic hydroxyl groups excluding tert-OH is 1. The third-order valence-electron chi connectivity index (χ3n) is 3.25. The molecule has 0 amide bonds. The highest BCUT2D eigenvalue weighted by Crippen LogP contribution is 2.25. The van der Waals surface area contributed by atoms with Gasteiger partial charge in [-0.05, 0) is 30.0 Å². The summed E-state index contributed by atoms with van der Waals surface area (Å²) in [6, 6.07) is 4.49. The first-order chi connectivity index (χ1) is 9.35. The van der Waals surface area contributed by atoms with E-state index >= 15 is 0 Å². The highest BCUT2D eigenvalue weighted by molar-refractivity contribution is 7.89. The predicted molar refractivity (Wildman–Crippen MR) is 78.2 cm³/mol. The standard InChI is InChI=1S/C14H23NO4S/c1-5-12(10(2)3)15-20(17,18)14-8-11(9-16)6-7-13(14)19-4/h6-8,10,12,15-16H,5,9H2,1-4H3. The van der Waals surface area contributed by atoms with E-state index in [-0.39, 0.29) is 29.2 Å². The topological polar surface area (TPSA) is 75.6 Å². The summed E-state index contributed by atoms with van der Waals surface area (Å²) in [4.78, 5) is 0.0608. The fraction of sp³-hybridized carbons (Fsp3) is 0.571. The Bertz CT molecular complexity index is 540. The molecule has 1 rings (SSSR count). The SMILES string of the molecule is CCC(NS(=O)(=O)c1cc(CO)ccc1OC)C(C)C. The van der Waals surface area contributed by atoms with Crippen LogP contribution in [0.3, 0.4) is 0 Å². The largest absolute Gasteiger partial charge is 0.495 e. The zero-order valence-corrected chi connectivity index (χ0v) is 13.2. The average molecular weight is 301 g/mol. The van der Waals surface area contributed by atoms with Gasteiger partial charge in [-0.25, -0.2) is 13.1 Å². The minimum Gasteiger partial charge on any atom is -0.495 e. The normalized spacial score (nSPS) is 13.5. The van der Waals surface area contributed by atoms with E-state index in [1.54, 1.807) is 12.1 Å². The van der Waals surface area contributed by atoms with Gasteiger partial charge in [0.05, 0.1) is 13.7 Å². The molecule has 20 heavy (non-hydrogen) atoms. The van der Waals surface area contributed by atoms with E-state index < -0.39 is 10.0 Å². The molecule has 0 aliphatic carbocycles. The number of nitrogens with one attached hydrogen (secondary N) is 1. The maximum absolute atomic E-state index is 12.5. The molecule has 0 fully saturated rings. The Morgan fingerprint density at radius 3 is 2.45 bits per heavy atom. The van der Waals surface area contributed by atoms with Crippen molar-refractivity contribution in [2.75, 3.05) is 7.11 Å². The van der Waals surface area contributed by atoms with E-state index in [0.717, 1.165) is 0 Å². The van der Waals surface area contributed by atoms with Gasteiger partial charge in [0.2, 0.25) is 10.0 Å². The van der Waals surface area contributed by atoms with Gasteiger partial charge in [-0.15, -0.1) is 0 Å². The minimum atomic E-state index is -3.68. The zero-order valence-electron chi connectivity index (χ0n) is 12.4. The number of methoxy groups -OCH3 is 1. The summed E-state index contributed by atoms with van der Waals surface area (Å²) in [5, 5.41) is 9.15. The smallest absolute Gasteiger partial charge is 0.244 e. The molecule has 1 aromatic rings. The third-order valence-corrected chi connectivity index (χ3v) is 4.76. The summed E-state index contributed by atoms with van der Waals surface area (Å²) in [7, 11) is -2.25. The van der Waals surface area contributed by atoms with Crippen molar-refractivity contribution in [1.82, 2.24) is 4.72 Å². The molecule has 0 radical (unpaired) electrons. The first-order valence-electron chi connectivity index (χ1n) is 6.65. The number of aliphatic hydroxyl groups is 1. The summed E-state index contributed by atoms with van der Waals surface area (Å²) in [5.41, 5.74) is 0.531. The van der Waals surface area contributed by atoms with Crippen molar-refractivity contribution < 1.29 is 18.3 Å². The van der Waals surface area contributed by atoms with Crippen LogP contribution in [0.5, 0.6) is 5.75 Å². The molecule has 0 saturated carbocycles. The van der Waals surface area contributed by atoms with Crippen LogP contribution < -0.4 is 9.46 Å². The summed E-state index contributed by atoms with van der Waals surface area (Å²) < 4.78 is 32.8. The summed E-state index contributed by atoms with van der Waals surface area (Å²) in [6.45, 7) is 5.67. The lowest BCUT2D eigenvalue weighted by Gasteiger charge is -2.21. The number of hydrogen-bond donors (Lipinski definition) is 2. The molecule has 0 bridgehead atoms. The van der Waals surface area contributed by atoms with Gasteiger partial charge in [-0.2, -0.15) is 0 Å². The monoisotopic (exact) mass is 301 g/mol. The number of benzene rings is 1. The van der Waals surface area contributed by atoms with Gasteiger partial charge in [-0.1, -0.05) is 26.8 Å². The van der Waals surface area contributed by atoms with Gasteiger partial charge >= 0.3 is 0 Å². The van der Waals surface area contributed by atoms with Crippen molar-refractivity contribution in [2.24, 2.45) is 5.92 Å². The van der Waals surface area contributed by atoms with Crippen molar-refractivity contribution in [2.45, 2.75) is 44.7 Å². The lowest BCUT2D eigenvalue weighted by molar-refractivity contribution is 0.281. The zero-order chi connectivity index (χ0) is 15.3. The molecule has 0 heterocycles. The van der Waals surface area contributed by atoms with E-state index in [0.29, 0.717) is 12.0 Å².